The summed E-state index contributed by atoms with van der Waals surface area (Å²) in [5.74, 6) is -2.51. The van der Waals surface area contributed by atoms with Crippen LogP contribution in [0.25, 0.3) is 5.69 Å². The zero-order chi connectivity index (χ0) is 18.9. The predicted octanol–water partition coefficient (Wildman–Crippen LogP) is -0.458. The average Bonchev–Trinajstić information content (AvgIpc) is 2.53. The number of rotatable bonds is 4. The molecule has 0 amide bonds. The van der Waals surface area contributed by atoms with Gasteiger partial charge in [0.15, 0.2) is 5.82 Å². The lowest BCUT2D eigenvalue weighted by Crippen LogP contribution is -2.53. The molecule has 1 heterocycles. The third-order valence-corrected chi connectivity index (χ3v) is 3.44. The number of hydrogen-bond donors (Lipinski definition) is 1. The Balaban J connectivity index is 2.96. The van der Waals surface area contributed by atoms with Gasteiger partial charge in [0.05, 0.1) is 10.7 Å². The number of aliphatic imine (C=N–C) groups is 1. The lowest BCUT2D eigenvalue weighted by Gasteiger charge is -2.12. The minimum absolute atomic E-state index is 0.284. The van der Waals surface area contributed by atoms with Crippen LogP contribution in [0, 0.1) is 5.82 Å². The second kappa shape index (κ2) is 6.67. The van der Waals surface area contributed by atoms with Crippen LogP contribution in [0.2, 0.25) is 5.02 Å². The van der Waals surface area contributed by atoms with Gasteiger partial charge in [-0.15, -0.1) is 0 Å². The van der Waals surface area contributed by atoms with Gasteiger partial charge in [0.1, 0.15) is 12.2 Å². The number of carboxylic acid groups (broad SMARTS) is 1. The Bertz CT molecular complexity index is 1110. The zero-order valence-electron chi connectivity index (χ0n) is 12.4. The summed E-state index contributed by atoms with van der Waals surface area (Å²) in [7, 11) is 1.01. The highest BCUT2D eigenvalue weighted by Crippen LogP contribution is 2.27. The molecule has 0 radical (unpaired) electrons. The number of benzene rings is 1. The van der Waals surface area contributed by atoms with Crippen LogP contribution in [-0.4, -0.2) is 30.9 Å². The van der Waals surface area contributed by atoms with Crippen LogP contribution in [0.4, 0.5) is 10.1 Å². The molecule has 130 valence electrons. The van der Waals surface area contributed by atoms with Crippen molar-refractivity contribution in [3.63, 3.8) is 0 Å². The third kappa shape index (κ3) is 3.18. The largest absolute Gasteiger partial charge is 0.480 e. The van der Waals surface area contributed by atoms with Crippen LogP contribution in [0.5, 0.6) is 0 Å². The molecule has 0 aliphatic rings. The van der Waals surface area contributed by atoms with Crippen molar-refractivity contribution in [2.24, 2.45) is 12.0 Å². The molecule has 12 heteroatoms. The van der Waals surface area contributed by atoms with Crippen molar-refractivity contribution in [2.45, 2.75) is 6.54 Å². The fraction of sp³-hybridized carbons (Fsp3) is 0.154. The van der Waals surface area contributed by atoms with Gasteiger partial charge in [-0.05, 0) is 12.1 Å². The smallest absolute Gasteiger partial charge is 0.341 e. The van der Waals surface area contributed by atoms with Gasteiger partial charge in [0, 0.05) is 7.05 Å². The van der Waals surface area contributed by atoms with E-state index >= 15 is 0 Å². The van der Waals surface area contributed by atoms with Crippen molar-refractivity contribution in [1.82, 2.24) is 13.7 Å². The van der Waals surface area contributed by atoms with Crippen molar-refractivity contribution in [3.05, 3.63) is 54.4 Å². The van der Waals surface area contributed by atoms with Crippen molar-refractivity contribution in [1.29, 1.82) is 0 Å². The molecule has 0 saturated heterocycles. The number of carbonyl (C=O) groups is 1. The molecule has 0 aliphatic carbocycles. The standard InChI is InChI=1S/C13H8ClFN4O6/c1-17-11(23)18(4-10(21)22)13(25)19(12(17)24)9-3-8(16-5-20)7(15)2-6(9)14/h2-3H,4H2,1H3,(H,21,22). The van der Waals surface area contributed by atoms with E-state index in [0.29, 0.717) is 15.2 Å². The maximum atomic E-state index is 13.7. The maximum absolute atomic E-state index is 13.7. The quantitative estimate of drug-likeness (QED) is 0.572. The number of aliphatic carboxylic acids is 1. The normalized spacial score (nSPS) is 10.4. The lowest BCUT2D eigenvalue weighted by molar-refractivity contribution is -0.137. The van der Waals surface area contributed by atoms with Crippen molar-refractivity contribution in [2.75, 3.05) is 0 Å². The highest BCUT2D eigenvalue weighted by atomic mass is 35.5. The number of hydrogen-bond acceptors (Lipinski definition) is 6. The van der Waals surface area contributed by atoms with Gasteiger partial charge < -0.3 is 5.11 Å². The molecule has 2 aromatic rings. The Hall–Kier alpha value is -3.30. The summed E-state index contributed by atoms with van der Waals surface area (Å²) in [6.07, 6.45) is 1.10. The molecule has 1 aromatic heterocycles. The topological polar surface area (TPSA) is 133 Å². The van der Waals surface area contributed by atoms with Crippen LogP contribution < -0.4 is 17.1 Å². The van der Waals surface area contributed by atoms with Gasteiger partial charge in [-0.2, -0.15) is 4.99 Å². The van der Waals surface area contributed by atoms with Gasteiger partial charge in [-0.25, -0.2) is 37.3 Å². The second-order valence-electron chi connectivity index (χ2n) is 4.68. The number of aromatic nitrogens is 3. The van der Waals surface area contributed by atoms with Gasteiger partial charge in [-0.1, -0.05) is 11.6 Å². The van der Waals surface area contributed by atoms with E-state index in [0.717, 1.165) is 19.2 Å². The SMILES string of the molecule is Cn1c(=O)n(CC(=O)O)c(=O)n(-c2cc(N=C=O)c(F)cc2Cl)c1=O. The molecule has 0 atom stereocenters. The number of halogens is 2. The van der Waals surface area contributed by atoms with Crippen molar-refractivity contribution < 1.29 is 19.1 Å². The molecule has 0 saturated carbocycles. The van der Waals surface area contributed by atoms with Crippen LogP contribution in [0.1, 0.15) is 0 Å². The zero-order valence-corrected chi connectivity index (χ0v) is 13.2. The van der Waals surface area contributed by atoms with Crippen molar-refractivity contribution >= 4 is 29.3 Å². The molecular weight excluding hydrogens is 363 g/mol. The molecule has 25 heavy (non-hydrogen) atoms. The van der Waals surface area contributed by atoms with E-state index in [1.165, 1.54) is 0 Å². The number of carbonyl (C=O) groups excluding carboxylic acids is 1. The Labute approximate surface area is 141 Å². The summed E-state index contributed by atoms with van der Waals surface area (Å²) in [4.78, 5) is 60.8. The second-order valence-corrected chi connectivity index (χ2v) is 5.09. The van der Waals surface area contributed by atoms with E-state index < -0.39 is 46.1 Å². The molecule has 0 fully saturated rings. The van der Waals surface area contributed by atoms with E-state index in [9.17, 15) is 28.4 Å². The van der Waals surface area contributed by atoms with Gasteiger partial charge in [-0.3, -0.25) is 4.79 Å². The van der Waals surface area contributed by atoms with Crippen LogP contribution >= 0.6 is 11.6 Å². The van der Waals surface area contributed by atoms with Crippen LogP contribution in [0.15, 0.2) is 31.5 Å². The van der Waals surface area contributed by atoms with Crippen LogP contribution in [0.3, 0.4) is 0 Å². The monoisotopic (exact) mass is 370 g/mol. The Morgan fingerprint density at radius 3 is 2.48 bits per heavy atom. The molecule has 0 unspecified atom stereocenters. The van der Waals surface area contributed by atoms with E-state index in [1.807, 2.05) is 0 Å². The molecule has 2 rings (SSSR count). The van der Waals surface area contributed by atoms with Gasteiger partial charge in [0.25, 0.3) is 0 Å². The molecule has 10 nitrogen and oxygen atoms in total. The van der Waals surface area contributed by atoms with E-state index in [-0.39, 0.29) is 10.3 Å². The molecular formula is C13H8ClFN4O6. The Morgan fingerprint density at radius 2 is 1.92 bits per heavy atom. The van der Waals surface area contributed by atoms with E-state index in [2.05, 4.69) is 4.99 Å². The summed E-state index contributed by atoms with van der Waals surface area (Å²) in [5, 5.41) is 8.41. The minimum atomic E-state index is -1.50. The highest BCUT2D eigenvalue weighted by Gasteiger charge is 2.19. The first-order valence-electron chi connectivity index (χ1n) is 6.41. The summed E-state index contributed by atoms with van der Waals surface area (Å²) in [5.41, 5.74) is -4.55. The fourth-order valence-electron chi connectivity index (χ4n) is 2.01. The first-order chi connectivity index (χ1) is 11.7. The van der Waals surface area contributed by atoms with Crippen molar-refractivity contribution in [3.8, 4) is 5.69 Å². The Morgan fingerprint density at radius 1 is 1.28 bits per heavy atom. The lowest BCUT2D eigenvalue weighted by atomic mass is 10.2. The van der Waals surface area contributed by atoms with Gasteiger partial charge >= 0.3 is 23.0 Å². The predicted molar refractivity (Wildman–Crippen MR) is 81.9 cm³/mol. The molecule has 0 aliphatic heterocycles. The molecule has 0 spiro atoms. The number of nitrogens with zero attached hydrogens (tertiary/aromatic N) is 4. The number of carboxylic acids is 1. The Kier molecular flexibility index (Phi) is 4.82. The highest BCUT2D eigenvalue weighted by molar-refractivity contribution is 6.32. The summed E-state index contributed by atoms with van der Waals surface area (Å²) >= 11 is 5.84. The fourth-order valence-corrected chi connectivity index (χ4v) is 2.24. The van der Waals surface area contributed by atoms with E-state index in [4.69, 9.17) is 16.7 Å². The third-order valence-electron chi connectivity index (χ3n) is 3.13. The molecule has 1 aromatic carbocycles. The minimum Gasteiger partial charge on any atom is -0.480 e. The van der Waals surface area contributed by atoms with Gasteiger partial charge in [0.2, 0.25) is 6.08 Å². The first kappa shape index (κ1) is 18.0. The summed E-state index contributed by atoms with van der Waals surface area (Å²) in [6, 6.07) is 1.52. The maximum Gasteiger partial charge on any atom is 0.341 e. The molecule has 1 N–H and O–H groups in total. The van der Waals surface area contributed by atoms with Crippen LogP contribution in [-0.2, 0) is 23.2 Å². The first-order valence-corrected chi connectivity index (χ1v) is 6.78. The van der Waals surface area contributed by atoms with E-state index in [1.54, 1.807) is 0 Å². The summed E-state index contributed by atoms with van der Waals surface area (Å²) in [6.45, 7) is -1.01. The average molecular weight is 371 g/mol. The molecule has 0 bridgehead atoms. The number of isocyanates is 1. The summed E-state index contributed by atoms with van der Waals surface area (Å²) < 4.78 is 14.8.